The van der Waals surface area contributed by atoms with Gasteiger partial charge in [-0.05, 0) is 86.6 Å². The van der Waals surface area contributed by atoms with Gasteiger partial charge in [0.15, 0.2) is 0 Å². The molecular weight excluding hydrogens is 325 g/mol. The van der Waals surface area contributed by atoms with Gasteiger partial charge in [0.1, 0.15) is 5.82 Å². The second kappa shape index (κ2) is 7.03. The first-order valence-electron chi connectivity index (χ1n) is 7.96. The van der Waals surface area contributed by atoms with Crippen LogP contribution in [0.4, 0.5) is 4.39 Å². The van der Waals surface area contributed by atoms with Crippen LogP contribution in [0.25, 0.3) is 0 Å². The lowest BCUT2D eigenvalue weighted by molar-refractivity contribution is 0.579. The van der Waals surface area contributed by atoms with Crippen molar-refractivity contribution in [2.24, 2.45) is 0 Å². The highest BCUT2D eigenvalue weighted by Gasteiger charge is 2.23. The van der Waals surface area contributed by atoms with Gasteiger partial charge in [-0.25, -0.2) is 17.5 Å². The molecule has 0 saturated carbocycles. The molecule has 0 spiro atoms. The van der Waals surface area contributed by atoms with Gasteiger partial charge in [0.2, 0.25) is 10.0 Å². The predicted octanol–water partition coefficient (Wildman–Crippen LogP) is 3.89. The van der Waals surface area contributed by atoms with Crippen molar-refractivity contribution in [3.63, 3.8) is 0 Å². The quantitative estimate of drug-likeness (QED) is 0.890. The van der Waals surface area contributed by atoms with Gasteiger partial charge < -0.3 is 0 Å². The van der Waals surface area contributed by atoms with Gasteiger partial charge in [-0.15, -0.1) is 0 Å². The number of halogens is 1. The summed E-state index contributed by atoms with van der Waals surface area (Å²) in [5.74, 6) is -0.295. The van der Waals surface area contributed by atoms with E-state index >= 15 is 0 Å². The topological polar surface area (TPSA) is 46.2 Å². The average molecular weight is 349 g/mol. The zero-order valence-corrected chi connectivity index (χ0v) is 15.6. The molecule has 0 radical (unpaired) electrons. The Morgan fingerprint density at radius 1 is 0.833 bits per heavy atom. The van der Waals surface area contributed by atoms with Gasteiger partial charge in [0.05, 0.1) is 4.90 Å². The molecule has 0 amide bonds. The average Bonchev–Trinajstić information content (AvgIpc) is 2.53. The molecule has 2 rings (SSSR count). The number of hydrogen-bond donors (Lipinski definition) is 1. The Bertz CT molecular complexity index is 827. The SMILES string of the molecule is Cc1c(C)c(C)c(S(=O)(=O)NCCc2ccc(F)cc2)c(C)c1C. The van der Waals surface area contributed by atoms with Crippen molar-refractivity contribution in [3.05, 3.63) is 63.5 Å². The number of sulfonamides is 1. The summed E-state index contributed by atoms with van der Waals surface area (Å²) >= 11 is 0. The number of rotatable bonds is 5. The van der Waals surface area contributed by atoms with E-state index in [2.05, 4.69) is 4.72 Å². The lowest BCUT2D eigenvalue weighted by atomic mass is 9.95. The van der Waals surface area contributed by atoms with E-state index in [4.69, 9.17) is 0 Å². The summed E-state index contributed by atoms with van der Waals surface area (Å²) in [7, 11) is -3.59. The van der Waals surface area contributed by atoms with Gasteiger partial charge in [0, 0.05) is 6.54 Å². The largest absolute Gasteiger partial charge is 0.241 e. The minimum absolute atomic E-state index is 0.277. The van der Waals surface area contributed by atoms with Crippen LogP contribution in [-0.4, -0.2) is 15.0 Å². The van der Waals surface area contributed by atoms with Gasteiger partial charge >= 0.3 is 0 Å². The Kier molecular flexibility index (Phi) is 5.45. The summed E-state index contributed by atoms with van der Waals surface area (Å²) in [6, 6.07) is 6.09. The molecule has 0 aromatic heterocycles. The van der Waals surface area contributed by atoms with Crippen molar-refractivity contribution >= 4 is 10.0 Å². The number of nitrogens with one attached hydrogen (secondary N) is 1. The molecule has 24 heavy (non-hydrogen) atoms. The van der Waals surface area contributed by atoms with Crippen molar-refractivity contribution in [1.29, 1.82) is 0 Å². The van der Waals surface area contributed by atoms with E-state index < -0.39 is 10.0 Å². The lowest BCUT2D eigenvalue weighted by Gasteiger charge is -2.19. The van der Waals surface area contributed by atoms with Gasteiger partial charge in [-0.3, -0.25) is 0 Å². The minimum Gasteiger partial charge on any atom is -0.211 e. The normalized spacial score (nSPS) is 11.8. The Morgan fingerprint density at radius 2 is 1.29 bits per heavy atom. The molecule has 0 fully saturated rings. The van der Waals surface area contributed by atoms with E-state index in [0.29, 0.717) is 11.3 Å². The predicted molar refractivity (Wildman–Crippen MR) is 95.4 cm³/mol. The molecule has 0 bridgehead atoms. The van der Waals surface area contributed by atoms with Crippen molar-refractivity contribution < 1.29 is 12.8 Å². The Labute approximate surface area is 144 Å². The third-order valence-electron chi connectivity index (χ3n) is 4.82. The Morgan fingerprint density at radius 3 is 1.79 bits per heavy atom. The molecule has 130 valence electrons. The van der Waals surface area contributed by atoms with Crippen molar-refractivity contribution in [1.82, 2.24) is 4.72 Å². The van der Waals surface area contributed by atoms with Crippen LogP contribution in [0.15, 0.2) is 29.2 Å². The van der Waals surface area contributed by atoms with Crippen molar-refractivity contribution in [2.75, 3.05) is 6.54 Å². The Balaban J connectivity index is 2.23. The summed E-state index contributed by atoms with van der Waals surface area (Å²) < 4.78 is 41.1. The minimum atomic E-state index is -3.59. The third-order valence-corrected chi connectivity index (χ3v) is 6.55. The molecule has 1 N–H and O–H groups in total. The zero-order chi connectivity index (χ0) is 18.1. The molecule has 0 aliphatic rings. The first kappa shape index (κ1) is 18.6. The van der Waals surface area contributed by atoms with E-state index in [1.165, 1.54) is 12.1 Å². The maximum absolute atomic E-state index is 12.9. The fraction of sp³-hybridized carbons (Fsp3) is 0.368. The molecule has 2 aromatic rings. The van der Waals surface area contributed by atoms with Crippen LogP contribution >= 0.6 is 0 Å². The number of benzene rings is 2. The highest BCUT2D eigenvalue weighted by Crippen LogP contribution is 2.29. The van der Waals surface area contributed by atoms with Crippen molar-refractivity contribution in [3.8, 4) is 0 Å². The van der Waals surface area contributed by atoms with Crippen LogP contribution in [0.1, 0.15) is 33.4 Å². The molecule has 0 atom stereocenters. The summed E-state index contributed by atoms with van der Waals surface area (Å²) in [6.45, 7) is 9.90. The third kappa shape index (κ3) is 3.68. The molecule has 0 unspecified atom stereocenters. The van der Waals surface area contributed by atoms with E-state index in [-0.39, 0.29) is 12.4 Å². The summed E-state index contributed by atoms with van der Waals surface area (Å²) in [5.41, 5.74) is 5.64. The zero-order valence-electron chi connectivity index (χ0n) is 14.8. The summed E-state index contributed by atoms with van der Waals surface area (Å²) in [4.78, 5) is 0.377. The molecule has 0 aliphatic heterocycles. The maximum atomic E-state index is 12.9. The molecule has 3 nitrogen and oxygen atoms in total. The molecule has 0 saturated heterocycles. The molecule has 2 aromatic carbocycles. The van der Waals surface area contributed by atoms with Gasteiger partial charge in [0.25, 0.3) is 0 Å². The standard InChI is InChI=1S/C19H24FNO2S/c1-12-13(2)15(4)19(16(5)14(12)3)24(22,23)21-11-10-17-6-8-18(20)9-7-17/h6-9,21H,10-11H2,1-5H3. The highest BCUT2D eigenvalue weighted by atomic mass is 32.2. The van der Waals surface area contributed by atoms with Crippen LogP contribution < -0.4 is 4.72 Å². The highest BCUT2D eigenvalue weighted by molar-refractivity contribution is 7.89. The smallest absolute Gasteiger partial charge is 0.211 e. The Hall–Kier alpha value is -1.72. The van der Waals surface area contributed by atoms with Gasteiger partial charge in [-0.2, -0.15) is 0 Å². The maximum Gasteiger partial charge on any atom is 0.241 e. The van der Waals surface area contributed by atoms with E-state index in [1.54, 1.807) is 12.1 Å². The lowest BCUT2D eigenvalue weighted by Crippen LogP contribution is -2.28. The molecule has 0 aliphatic carbocycles. The van der Waals surface area contributed by atoms with E-state index in [0.717, 1.165) is 33.4 Å². The van der Waals surface area contributed by atoms with E-state index in [9.17, 15) is 12.8 Å². The molecule has 5 heteroatoms. The van der Waals surface area contributed by atoms with Crippen LogP contribution in [0.3, 0.4) is 0 Å². The van der Waals surface area contributed by atoms with Crippen LogP contribution in [0.2, 0.25) is 0 Å². The first-order valence-corrected chi connectivity index (χ1v) is 9.44. The second-order valence-corrected chi connectivity index (χ2v) is 7.93. The van der Waals surface area contributed by atoms with Crippen LogP contribution in [0.5, 0.6) is 0 Å². The number of hydrogen-bond acceptors (Lipinski definition) is 2. The molecule has 0 heterocycles. The second-order valence-electron chi connectivity index (χ2n) is 6.23. The summed E-state index contributed by atoms with van der Waals surface area (Å²) in [6.07, 6.45) is 0.515. The monoisotopic (exact) mass is 349 g/mol. The van der Waals surface area contributed by atoms with Gasteiger partial charge in [-0.1, -0.05) is 12.1 Å². The fourth-order valence-corrected chi connectivity index (χ4v) is 4.55. The van der Waals surface area contributed by atoms with E-state index in [1.807, 2.05) is 34.6 Å². The molecular formula is C19H24FNO2S. The van der Waals surface area contributed by atoms with Crippen LogP contribution in [0, 0.1) is 40.4 Å². The fourth-order valence-electron chi connectivity index (χ4n) is 2.92. The van der Waals surface area contributed by atoms with Crippen molar-refractivity contribution in [2.45, 2.75) is 45.9 Å². The van der Waals surface area contributed by atoms with Crippen LogP contribution in [-0.2, 0) is 16.4 Å². The first-order chi connectivity index (χ1) is 11.1. The summed E-state index contributed by atoms with van der Waals surface area (Å²) in [5, 5.41) is 0.